The molecule has 1 aromatic heterocycles. The molecule has 1 fully saturated rings. The fourth-order valence-corrected chi connectivity index (χ4v) is 1.60. The van der Waals surface area contributed by atoms with E-state index in [-0.39, 0.29) is 11.9 Å². The summed E-state index contributed by atoms with van der Waals surface area (Å²) in [6, 6.07) is -0.00192. The van der Waals surface area contributed by atoms with Gasteiger partial charge >= 0.3 is 0 Å². The van der Waals surface area contributed by atoms with Crippen LogP contribution in [0.3, 0.4) is 0 Å². The number of nitrogens with zero attached hydrogens (tertiary/aromatic N) is 1. The number of aromatic amines is 1. The lowest BCUT2D eigenvalue weighted by atomic mass is 10.2. The lowest BCUT2D eigenvalue weighted by Crippen LogP contribution is -2.40. The average molecular weight is 194 g/mol. The van der Waals surface area contributed by atoms with Crippen molar-refractivity contribution in [3.8, 4) is 0 Å². The van der Waals surface area contributed by atoms with Crippen LogP contribution in [-0.4, -0.2) is 28.5 Å². The minimum absolute atomic E-state index is 0.00192. The number of carbonyl (C=O) groups is 1. The molecule has 2 heterocycles. The lowest BCUT2D eigenvalue weighted by molar-refractivity contribution is -0.122. The number of rotatable bonds is 3. The molecule has 1 aromatic rings. The smallest absolute Gasteiger partial charge is 0.237 e. The van der Waals surface area contributed by atoms with Crippen LogP contribution >= 0.6 is 0 Å². The van der Waals surface area contributed by atoms with Crippen molar-refractivity contribution in [3.05, 3.63) is 18.2 Å². The molecule has 3 N–H and O–H groups in total. The summed E-state index contributed by atoms with van der Waals surface area (Å²) in [5, 5.41) is 6.00. The van der Waals surface area contributed by atoms with E-state index < -0.39 is 0 Å². The molecule has 0 spiro atoms. The fraction of sp³-hybridized carbons (Fsp3) is 0.556. The van der Waals surface area contributed by atoms with Gasteiger partial charge in [-0.25, -0.2) is 4.98 Å². The van der Waals surface area contributed by atoms with Gasteiger partial charge in [-0.3, -0.25) is 4.79 Å². The SMILES string of the molecule is O=C(NCc1cnc[nH]1)[C@@H]1CCCN1. The van der Waals surface area contributed by atoms with Gasteiger partial charge in [0.2, 0.25) is 5.91 Å². The predicted molar refractivity (Wildman–Crippen MR) is 51.5 cm³/mol. The van der Waals surface area contributed by atoms with Gasteiger partial charge in [-0.2, -0.15) is 0 Å². The largest absolute Gasteiger partial charge is 0.349 e. The molecule has 0 saturated carbocycles. The Labute approximate surface area is 82.3 Å². The van der Waals surface area contributed by atoms with Gasteiger partial charge in [-0.15, -0.1) is 0 Å². The molecule has 5 heteroatoms. The van der Waals surface area contributed by atoms with E-state index in [9.17, 15) is 4.79 Å². The van der Waals surface area contributed by atoms with Crippen LogP contribution in [-0.2, 0) is 11.3 Å². The summed E-state index contributed by atoms with van der Waals surface area (Å²) in [7, 11) is 0. The zero-order chi connectivity index (χ0) is 9.80. The Kier molecular flexibility index (Phi) is 2.78. The Hall–Kier alpha value is -1.36. The molecular weight excluding hydrogens is 180 g/mol. The van der Waals surface area contributed by atoms with E-state index in [2.05, 4.69) is 20.6 Å². The van der Waals surface area contributed by atoms with Crippen LogP contribution in [0.2, 0.25) is 0 Å². The number of nitrogens with one attached hydrogen (secondary N) is 3. The van der Waals surface area contributed by atoms with Crippen molar-refractivity contribution < 1.29 is 4.79 Å². The van der Waals surface area contributed by atoms with Crippen molar-refractivity contribution in [2.75, 3.05) is 6.54 Å². The van der Waals surface area contributed by atoms with Gasteiger partial charge in [-0.05, 0) is 19.4 Å². The number of H-pyrrole nitrogens is 1. The number of amides is 1. The molecular formula is C9H14N4O. The van der Waals surface area contributed by atoms with Crippen LogP contribution in [0.15, 0.2) is 12.5 Å². The quantitative estimate of drug-likeness (QED) is 0.623. The Morgan fingerprint density at radius 2 is 2.64 bits per heavy atom. The number of aromatic nitrogens is 2. The number of hydrogen-bond donors (Lipinski definition) is 3. The Morgan fingerprint density at radius 1 is 1.71 bits per heavy atom. The molecule has 1 atom stereocenters. The normalized spacial score (nSPS) is 21.0. The third kappa shape index (κ3) is 2.11. The van der Waals surface area contributed by atoms with E-state index in [1.165, 1.54) is 0 Å². The number of imidazole rings is 1. The molecule has 2 rings (SSSR count). The van der Waals surface area contributed by atoms with Crippen LogP contribution in [0.4, 0.5) is 0 Å². The summed E-state index contributed by atoms with van der Waals surface area (Å²) in [6.07, 6.45) is 5.34. The van der Waals surface area contributed by atoms with E-state index >= 15 is 0 Å². The summed E-state index contributed by atoms with van der Waals surface area (Å²) in [5.41, 5.74) is 0.927. The molecule has 5 nitrogen and oxygen atoms in total. The van der Waals surface area contributed by atoms with Crippen LogP contribution in [0.5, 0.6) is 0 Å². The third-order valence-electron chi connectivity index (χ3n) is 2.38. The highest BCUT2D eigenvalue weighted by Gasteiger charge is 2.21. The van der Waals surface area contributed by atoms with Crippen molar-refractivity contribution in [2.24, 2.45) is 0 Å². The molecule has 1 saturated heterocycles. The molecule has 1 amide bonds. The zero-order valence-corrected chi connectivity index (χ0v) is 7.92. The maximum atomic E-state index is 11.5. The monoisotopic (exact) mass is 194 g/mol. The maximum Gasteiger partial charge on any atom is 0.237 e. The molecule has 14 heavy (non-hydrogen) atoms. The topological polar surface area (TPSA) is 69.8 Å². The first kappa shape index (κ1) is 9.21. The molecule has 0 aromatic carbocycles. The van der Waals surface area contributed by atoms with Crippen LogP contribution in [0, 0.1) is 0 Å². The minimum atomic E-state index is -0.00192. The van der Waals surface area contributed by atoms with Gasteiger partial charge < -0.3 is 15.6 Å². The van der Waals surface area contributed by atoms with Crippen molar-refractivity contribution in [1.29, 1.82) is 0 Å². The molecule has 1 aliphatic rings. The summed E-state index contributed by atoms with van der Waals surface area (Å²) in [5.74, 6) is 0.0806. The highest BCUT2D eigenvalue weighted by atomic mass is 16.2. The second-order valence-electron chi connectivity index (χ2n) is 3.44. The van der Waals surface area contributed by atoms with Crippen LogP contribution < -0.4 is 10.6 Å². The molecule has 0 radical (unpaired) electrons. The van der Waals surface area contributed by atoms with Gasteiger partial charge in [-0.1, -0.05) is 0 Å². The Morgan fingerprint density at radius 3 is 3.29 bits per heavy atom. The van der Waals surface area contributed by atoms with Gasteiger partial charge in [0.05, 0.1) is 24.6 Å². The van der Waals surface area contributed by atoms with Crippen molar-refractivity contribution in [1.82, 2.24) is 20.6 Å². The van der Waals surface area contributed by atoms with Gasteiger partial charge in [0.25, 0.3) is 0 Å². The van der Waals surface area contributed by atoms with Crippen molar-refractivity contribution >= 4 is 5.91 Å². The lowest BCUT2D eigenvalue weighted by Gasteiger charge is -2.09. The number of hydrogen-bond acceptors (Lipinski definition) is 3. The molecule has 1 aliphatic heterocycles. The molecule has 0 unspecified atom stereocenters. The summed E-state index contributed by atoms with van der Waals surface area (Å²) < 4.78 is 0. The molecule has 0 bridgehead atoms. The minimum Gasteiger partial charge on any atom is -0.349 e. The zero-order valence-electron chi connectivity index (χ0n) is 7.92. The highest BCUT2D eigenvalue weighted by molar-refractivity contribution is 5.81. The van der Waals surface area contributed by atoms with E-state index in [0.29, 0.717) is 6.54 Å². The number of carbonyl (C=O) groups excluding carboxylic acids is 1. The van der Waals surface area contributed by atoms with E-state index in [0.717, 1.165) is 25.1 Å². The first-order valence-corrected chi connectivity index (χ1v) is 4.84. The van der Waals surface area contributed by atoms with Crippen LogP contribution in [0.1, 0.15) is 18.5 Å². The van der Waals surface area contributed by atoms with E-state index in [1.54, 1.807) is 12.5 Å². The Balaban J connectivity index is 1.77. The molecule has 76 valence electrons. The Bertz CT molecular complexity index is 290. The summed E-state index contributed by atoms with van der Waals surface area (Å²) in [4.78, 5) is 18.3. The van der Waals surface area contributed by atoms with Gasteiger partial charge in [0.1, 0.15) is 0 Å². The summed E-state index contributed by atoms with van der Waals surface area (Å²) in [6.45, 7) is 1.47. The second kappa shape index (κ2) is 4.23. The first-order valence-electron chi connectivity index (χ1n) is 4.84. The van der Waals surface area contributed by atoms with Crippen LogP contribution in [0.25, 0.3) is 0 Å². The predicted octanol–water partition coefficient (Wildman–Crippen LogP) is -0.222. The van der Waals surface area contributed by atoms with E-state index in [1.807, 2.05) is 0 Å². The third-order valence-corrected chi connectivity index (χ3v) is 2.38. The summed E-state index contributed by atoms with van der Waals surface area (Å²) >= 11 is 0. The van der Waals surface area contributed by atoms with E-state index in [4.69, 9.17) is 0 Å². The van der Waals surface area contributed by atoms with Crippen molar-refractivity contribution in [3.63, 3.8) is 0 Å². The molecule has 0 aliphatic carbocycles. The average Bonchev–Trinajstić information content (AvgIpc) is 2.87. The standard InChI is InChI=1S/C9H14N4O/c14-9(8-2-1-3-11-8)12-5-7-4-10-6-13-7/h4,6,8,11H,1-3,5H2,(H,10,13)(H,12,14)/t8-/m0/s1. The van der Waals surface area contributed by atoms with Crippen molar-refractivity contribution in [2.45, 2.75) is 25.4 Å². The highest BCUT2D eigenvalue weighted by Crippen LogP contribution is 2.04. The maximum absolute atomic E-state index is 11.5. The van der Waals surface area contributed by atoms with Gasteiger partial charge in [0.15, 0.2) is 0 Å². The first-order chi connectivity index (χ1) is 6.86. The fourth-order valence-electron chi connectivity index (χ4n) is 1.60. The van der Waals surface area contributed by atoms with Gasteiger partial charge in [0, 0.05) is 6.20 Å². The second-order valence-corrected chi connectivity index (χ2v) is 3.44.